The van der Waals surface area contributed by atoms with Gasteiger partial charge >= 0.3 is 11.7 Å². The van der Waals surface area contributed by atoms with Crippen LogP contribution in [-0.2, 0) is 0 Å². The smallest absolute Gasteiger partial charge is 0.342 e. The molecule has 0 aliphatic carbocycles. The average Bonchev–Trinajstić information content (AvgIpc) is 2.90. The van der Waals surface area contributed by atoms with Crippen molar-refractivity contribution in [3.05, 3.63) is 27.9 Å². The largest absolute Gasteiger partial charge is 0.477 e. The molecule has 1 saturated heterocycles. The zero-order valence-electron chi connectivity index (χ0n) is 11.8. The minimum absolute atomic E-state index is 0.0821. The molecule has 0 bridgehead atoms. The number of anilines is 1. The number of aromatic carboxylic acids is 1. The minimum atomic E-state index is -1.33. The molecule has 2 N–H and O–H groups in total. The Bertz CT molecular complexity index is 543. The van der Waals surface area contributed by atoms with E-state index in [0.29, 0.717) is 5.82 Å². The Balaban J connectivity index is 2.07. The van der Waals surface area contributed by atoms with E-state index < -0.39 is 16.6 Å². The van der Waals surface area contributed by atoms with Crippen LogP contribution in [0.1, 0.15) is 30.1 Å². The molecule has 0 saturated carbocycles. The topological polar surface area (TPSA) is 109 Å². The highest BCUT2D eigenvalue weighted by atomic mass is 16.6. The number of carboxylic acid groups (broad SMARTS) is 1. The summed E-state index contributed by atoms with van der Waals surface area (Å²) < 4.78 is 0. The first-order valence-corrected chi connectivity index (χ1v) is 6.84. The number of hydrogen-bond donors (Lipinski definition) is 2. The van der Waals surface area contributed by atoms with Gasteiger partial charge in [0.1, 0.15) is 17.6 Å². The SMILES string of the molecule is CC(CN1CCCC1)Nc1cc(C(=O)O)c([N+](=O)[O-])cn1. The summed E-state index contributed by atoms with van der Waals surface area (Å²) in [5.74, 6) is -0.996. The number of nitrogens with zero attached hydrogens (tertiary/aromatic N) is 3. The fourth-order valence-electron chi connectivity index (χ4n) is 2.49. The number of pyridine rings is 1. The van der Waals surface area contributed by atoms with Crippen molar-refractivity contribution < 1.29 is 14.8 Å². The molecule has 114 valence electrons. The summed E-state index contributed by atoms with van der Waals surface area (Å²) >= 11 is 0. The maximum absolute atomic E-state index is 11.1. The summed E-state index contributed by atoms with van der Waals surface area (Å²) in [5, 5.41) is 22.9. The fraction of sp³-hybridized carbons (Fsp3) is 0.538. The van der Waals surface area contributed by atoms with E-state index in [4.69, 9.17) is 5.11 Å². The van der Waals surface area contributed by atoms with Gasteiger partial charge in [-0.15, -0.1) is 0 Å². The zero-order chi connectivity index (χ0) is 15.4. The van der Waals surface area contributed by atoms with Crippen LogP contribution >= 0.6 is 0 Å². The van der Waals surface area contributed by atoms with Crippen LogP contribution in [0.25, 0.3) is 0 Å². The first kappa shape index (κ1) is 15.2. The van der Waals surface area contributed by atoms with Gasteiger partial charge in [-0.25, -0.2) is 9.78 Å². The van der Waals surface area contributed by atoms with E-state index in [9.17, 15) is 14.9 Å². The zero-order valence-corrected chi connectivity index (χ0v) is 11.8. The van der Waals surface area contributed by atoms with Crippen LogP contribution in [-0.4, -0.2) is 51.6 Å². The van der Waals surface area contributed by atoms with E-state index in [-0.39, 0.29) is 11.6 Å². The quantitative estimate of drug-likeness (QED) is 0.605. The second kappa shape index (κ2) is 6.49. The van der Waals surface area contributed by atoms with Crippen LogP contribution in [0, 0.1) is 10.1 Å². The van der Waals surface area contributed by atoms with Crippen molar-refractivity contribution in [2.24, 2.45) is 0 Å². The van der Waals surface area contributed by atoms with Crippen molar-refractivity contribution in [2.75, 3.05) is 25.0 Å². The predicted octanol–water partition coefficient (Wildman–Crippen LogP) is 1.58. The number of carbonyl (C=O) groups is 1. The summed E-state index contributed by atoms with van der Waals surface area (Å²) in [7, 11) is 0. The molecule has 2 heterocycles. The highest BCUT2D eigenvalue weighted by Crippen LogP contribution is 2.20. The predicted molar refractivity (Wildman–Crippen MR) is 76.6 cm³/mol. The number of hydrogen-bond acceptors (Lipinski definition) is 6. The lowest BCUT2D eigenvalue weighted by molar-refractivity contribution is -0.385. The number of likely N-dealkylation sites (tertiary alicyclic amines) is 1. The van der Waals surface area contributed by atoms with Crippen LogP contribution in [0.5, 0.6) is 0 Å². The van der Waals surface area contributed by atoms with Crippen molar-refractivity contribution in [1.29, 1.82) is 0 Å². The van der Waals surface area contributed by atoms with E-state index in [1.807, 2.05) is 6.92 Å². The molecular formula is C13H18N4O4. The molecule has 2 rings (SSSR count). The fourth-order valence-corrected chi connectivity index (χ4v) is 2.49. The van der Waals surface area contributed by atoms with Gasteiger partial charge in [0.05, 0.1) is 4.92 Å². The monoisotopic (exact) mass is 294 g/mol. The molecule has 0 radical (unpaired) electrons. The maximum Gasteiger partial charge on any atom is 0.342 e. The Kier molecular flexibility index (Phi) is 4.69. The molecule has 8 heteroatoms. The second-order valence-electron chi connectivity index (χ2n) is 5.20. The van der Waals surface area contributed by atoms with E-state index in [2.05, 4.69) is 15.2 Å². The number of carboxylic acids is 1. The third-order valence-corrected chi connectivity index (χ3v) is 3.44. The number of rotatable bonds is 6. The van der Waals surface area contributed by atoms with Crippen molar-refractivity contribution in [3.8, 4) is 0 Å². The van der Waals surface area contributed by atoms with E-state index in [1.165, 1.54) is 18.9 Å². The average molecular weight is 294 g/mol. The summed E-state index contributed by atoms with van der Waals surface area (Å²) in [6, 6.07) is 1.29. The normalized spacial score (nSPS) is 16.6. The Hall–Kier alpha value is -2.22. The molecule has 0 amide bonds. The van der Waals surface area contributed by atoms with Crippen LogP contribution in [0.15, 0.2) is 12.3 Å². The van der Waals surface area contributed by atoms with Gasteiger partial charge < -0.3 is 15.3 Å². The molecule has 0 spiro atoms. The molecule has 0 aromatic carbocycles. The molecule has 1 aliphatic heterocycles. The van der Waals surface area contributed by atoms with Crippen molar-refractivity contribution in [3.63, 3.8) is 0 Å². The van der Waals surface area contributed by atoms with Gasteiger partial charge in [0, 0.05) is 18.7 Å². The molecule has 21 heavy (non-hydrogen) atoms. The maximum atomic E-state index is 11.1. The van der Waals surface area contributed by atoms with Gasteiger partial charge in [0.15, 0.2) is 0 Å². The van der Waals surface area contributed by atoms with Gasteiger partial charge in [-0.1, -0.05) is 0 Å². The highest BCUT2D eigenvalue weighted by Gasteiger charge is 2.22. The van der Waals surface area contributed by atoms with E-state index in [0.717, 1.165) is 25.8 Å². The first-order chi connectivity index (χ1) is 9.97. The van der Waals surface area contributed by atoms with Crippen LogP contribution in [0.2, 0.25) is 0 Å². The molecular weight excluding hydrogens is 276 g/mol. The van der Waals surface area contributed by atoms with E-state index in [1.54, 1.807) is 0 Å². The summed E-state index contributed by atoms with van der Waals surface area (Å²) in [4.78, 5) is 27.3. The Morgan fingerprint density at radius 2 is 2.24 bits per heavy atom. The summed E-state index contributed by atoms with van der Waals surface area (Å²) in [6.45, 7) is 4.95. The van der Waals surface area contributed by atoms with Crippen LogP contribution in [0.3, 0.4) is 0 Å². The van der Waals surface area contributed by atoms with Crippen molar-refractivity contribution in [2.45, 2.75) is 25.8 Å². The van der Waals surface area contributed by atoms with Gasteiger partial charge in [0.25, 0.3) is 0 Å². The summed E-state index contributed by atoms with van der Waals surface area (Å²) in [5.41, 5.74) is -0.855. The molecule has 1 aromatic heterocycles. The lowest BCUT2D eigenvalue weighted by atomic mass is 10.2. The molecule has 1 unspecified atom stereocenters. The van der Waals surface area contributed by atoms with E-state index >= 15 is 0 Å². The van der Waals surface area contributed by atoms with Crippen molar-refractivity contribution >= 4 is 17.5 Å². The Labute approximate surface area is 121 Å². The molecule has 8 nitrogen and oxygen atoms in total. The highest BCUT2D eigenvalue weighted by molar-refractivity contribution is 5.93. The lowest BCUT2D eigenvalue weighted by Crippen LogP contribution is -2.33. The summed E-state index contributed by atoms with van der Waals surface area (Å²) in [6.07, 6.45) is 3.38. The number of aromatic nitrogens is 1. The standard InChI is InChI=1S/C13H18N4O4/c1-9(8-16-4-2-3-5-16)15-12-6-10(13(18)19)11(7-14-12)17(20)21/h6-7,9H,2-5,8H2,1H3,(H,14,15)(H,18,19). The van der Waals surface area contributed by atoms with Gasteiger partial charge in [-0.2, -0.15) is 0 Å². The second-order valence-corrected chi connectivity index (χ2v) is 5.20. The van der Waals surface area contributed by atoms with Gasteiger partial charge in [0.2, 0.25) is 0 Å². The van der Waals surface area contributed by atoms with Gasteiger partial charge in [-0.3, -0.25) is 10.1 Å². The molecule has 1 fully saturated rings. The van der Waals surface area contributed by atoms with Crippen LogP contribution < -0.4 is 5.32 Å². The molecule has 1 atom stereocenters. The minimum Gasteiger partial charge on any atom is -0.477 e. The van der Waals surface area contributed by atoms with Crippen LogP contribution in [0.4, 0.5) is 11.5 Å². The Morgan fingerprint density at radius 3 is 2.81 bits per heavy atom. The first-order valence-electron chi connectivity index (χ1n) is 6.84. The third-order valence-electron chi connectivity index (χ3n) is 3.44. The molecule has 1 aliphatic rings. The van der Waals surface area contributed by atoms with Gasteiger partial charge in [-0.05, 0) is 32.9 Å². The molecule has 1 aromatic rings. The lowest BCUT2D eigenvalue weighted by Gasteiger charge is -2.21. The number of nitrogens with one attached hydrogen (secondary N) is 1. The Morgan fingerprint density at radius 1 is 1.57 bits per heavy atom. The van der Waals surface area contributed by atoms with Crippen molar-refractivity contribution in [1.82, 2.24) is 9.88 Å². The third kappa shape index (κ3) is 3.88. The number of nitro groups is 1.